The maximum absolute atomic E-state index is 11.9. The molecule has 5 nitrogen and oxygen atoms in total. The normalized spacial score (nSPS) is 12.1. The number of thiazole rings is 1. The fourth-order valence-electron chi connectivity index (χ4n) is 2.05. The Morgan fingerprint density at radius 1 is 1.45 bits per heavy atom. The molecule has 0 bridgehead atoms. The van der Waals surface area contributed by atoms with Crippen LogP contribution in [0.15, 0.2) is 17.5 Å². The number of aromatic carboxylic acids is 1. The predicted octanol–water partition coefficient (Wildman–Crippen LogP) is 3.41. The van der Waals surface area contributed by atoms with Gasteiger partial charge in [0.1, 0.15) is 9.88 Å². The molecule has 0 aromatic carbocycles. The van der Waals surface area contributed by atoms with Gasteiger partial charge in [-0.1, -0.05) is 6.07 Å². The van der Waals surface area contributed by atoms with E-state index in [-0.39, 0.29) is 16.8 Å². The van der Waals surface area contributed by atoms with Crippen LogP contribution in [0.3, 0.4) is 0 Å². The van der Waals surface area contributed by atoms with E-state index in [0.29, 0.717) is 17.1 Å². The van der Waals surface area contributed by atoms with Gasteiger partial charge >= 0.3 is 5.97 Å². The zero-order valence-electron chi connectivity index (χ0n) is 12.5. The third-order valence-electron chi connectivity index (χ3n) is 3.16. The Balaban J connectivity index is 1.83. The van der Waals surface area contributed by atoms with E-state index in [2.05, 4.69) is 16.4 Å². The van der Waals surface area contributed by atoms with Gasteiger partial charge in [-0.3, -0.25) is 4.79 Å². The zero-order valence-corrected chi connectivity index (χ0v) is 14.1. The number of thiophene rings is 1. The van der Waals surface area contributed by atoms with Gasteiger partial charge in [-0.15, -0.1) is 22.7 Å². The zero-order chi connectivity index (χ0) is 16.1. The van der Waals surface area contributed by atoms with Crippen LogP contribution >= 0.6 is 22.7 Å². The van der Waals surface area contributed by atoms with Gasteiger partial charge in [0.15, 0.2) is 0 Å². The highest BCUT2D eigenvalue weighted by molar-refractivity contribution is 7.13. The largest absolute Gasteiger partial charge is 0.477 e. The average Bonchev–Trinajstić information content (AvgIpc) is 3.08. The Morgan fingerprint density at radius 2 is 2.23 bits per heavy atom. The molecule has 0 aliphatic carbocycles. The molecule has 0 saturated heterocycles. The number of carbonyl (C=O) groups excluding carboxylic acids is 1. The summed E-state index contributed by atoms with van der Waals surface area (Å²) in [7, 11) is 0. The van der Waals surface area contributed by atoms with Crippen LogP contribution in [-0.2, 0) is 11.2 Å². The summed E-state index contributed by atoms with van der Waals surface area (Å²) in [6, 6.07) is 3.80. The molecule has 1 unspecified atom stereocenters. The summed E-state index contributed by atoms with van der Waals surface area (Å²) in [5.41, 5.74) is 0.492. The molecular formula is C15H18N2O3S2. The van der Waals surface area contributed by atoms with Crippen molar-refractivity contribution in [2.24, 2.45) is 0 Å². The third-order valence-corrected chi connectivity index (χ3v) is 5.43. The molecule has 7 heteroatoms. The first kappa shape index (κ1) is 16.6. The lowest BCUT2D eigenvalue weighted by molar-refractivity contribution is -0.121. The monoisotopic (exact) mass is 338 g/mol. The van der Waals surface area contributed by atoms with Crippen molar-refractivity contribution in [2.45, 2.75) is 39.2 Å². The van der Waals surface area contributed by atoms with E-state index < -0.39 is 5.97 Å². The van der Waals surface area contributed by atoms with E-state index in [9.17, 15) is 9.59 Å². The van der Waals surface area contributed by atoms with Gasteiger partial charge in [-0.05, 0) is 38.1 Å². The minimum absolute atomic E-state index is 0.0335. The van der Waals surface area contributed by atoms with Crippen LogP contribution in [0.1, 0.15) is 51.1 Å². The number of hydrogen-bond donors (Lipinski definition) is 2. The van der Waals surface area contributed by atoms with Crippen molar-refractivity contribution in [3.8, 4) is 0 Å². The first-order valence-corrected chi connectivity index (χ1v) is 8.69. The average molecular weight is 338 g/mol. The third kappa shape index (κ3) is 4.38. The SMILES string of the molecule is Cc1nc(C(C)NC(=O)CCCc2cccs2)sc1C(=O)O. The van der Waals surface area contributed by atoms with Crippen LogP contribution in [-0.4, -0.2) is 22.0 Å². The highest BCUT2D eigenvalue weighted by Gasteiger charge is 2.18. The second-order valence-corrected chi connectivity index (χ2v) is 7.06. The molecule has 0 aliphatic rings. The molecule has 2 aromatic rings. The Bertz CT molecular complexity index is 650. The van der Waals surface area contributed by atoms with Gasteiger partial charge in [-0.2, -0.15) is 0 Å². The fourth-order valence-corrected chi connectivity index (χ4v) is 3.71. The van der Waals surface area contributed by atoms with E-state index in [1.54, 1.807) is 18.3 Å². The minimum Gasteiger partial charge on any atom is -0.477 e. The van der Waals surface area contributed by atoms with Gasteiger partial charge in [0.05, 0.1) is 11.7 Å². The summed E-state index contributed by atoms with van der Waals surface area (Å²) in [5.74, 6) is -1.01. The molecular weight excluding hydrogens is 320 g/mol. The van der Waals surface area contributed by atoms with Gasteiger partial charge in [-0.25, -0.2) is 9.78 Å². The van der Waals surface area contributed by atoms with Crippen LogP contribution < -0.4 is 5.32 Å². The van der Waals surface area contributed by atoms with Crippen molar-refractivity contribution < 1.29 is 14.7 Å². The van der Waals surface area contributed by atoms with Crippen molar-refractivity contribution in [1.82, 2.24) is 10.3 Å². The number of amides is 1. The summed E-state index contributed by atoms with van der Waals surface area (Å²) in [5, 5.41) is 14.6. The van der Waals surface area contributed by atoms with E-state index in [1.165, 1.54) is 4.88 Å². The minimum atomic E-state index is -0.976. The van der Waals surface area contributed by atoms with E-state index >= 15 is 0 Å². The van der Waals surface area contributed by atoms with Crippen molar-refractivity contribution >= 4 is 34.6 Å². The van der Waals surface area contributed by atoms with Crippen molar-refractivity contribution in [3.63, 3.8) is 0 Å². The molecule has 118 valence electrons. The number of aryl methyl sites for hydroxylation is 2. The van der Waals surface area contributed by atoms with E-state index in [0.717, 1.165) is 24.2 Å². The Hall–Kier alpha value is -1.73. The highest BCUT2D eigenvalue weighted by Crippen LogP contribution is 2.23. The Kier molecular flexibility index (Phi) is 5.68. The smallest absolute Gasteiger partial charge is 0.347 e. The molecule has 0 aliphatic heterocycles. The molecule has 22 heavy (non-hydrogen) atoms. The lowest BCUT2D eigenvalue weighted by atomic mass is 10.2. The topological polar surface area (TPSA) is 79.3 Å². The summed E-state index contributed by atoms with van der Waals surface area (Å²) in [4.78, 5) is 28.7. The number of carboxylic acids is 1. The Morgan fingerprint density at radius 3 is 2.82 bits per heavy atom. The second kappa shape index (κ2) is 7.51. The maximum Gasteiger partial charge on any atom is 0.347 e. The van der Waals surface area contributed by atoms with Crippen LogP contribution in [0.25, 0.3) is 0 Å². The molecule has 1 atom stereocenters. The van der Waals surface area contributed by atoms with Crippen molar-refractivity contribution in [2.75, 3.05) is 0 Å². The van der Waals surface area contributed by atoms with Gasteiger partial charge in [0.25, 0.3) is 0 Å². The number of nitrogens with one attached hydrogen (secondary N) is 1. The summed E-state index contributed by atoms with van der Waals surface area (Å²) < 4.78 is 0. The van der Waals surface area contributed by atoms with Crippen LogP contribution in [0.4, 0.5) is 0 Å². The number of aromatic nitrogens is 1. The summed E-state index contributed by atoms with van der Waals surface area (Å²) in [6.45, 7) is 3.49. The van der Waals surface area contributed by atoms with Crippen LogP contribution in [0.2, 0.25) is 0 Å². The molecule has 2 rings (SSSR count). The van der Waals surface area contributed by atoms with Gasteiger partial charge < -0.3 is 10.4 Å². The number of rotatable bonds is 7. The molecule has 0 saturated carbocycles. The summed E-state index contributed by atoms with van der Waals surface area (Å²) in [6.07, 6.45) is 2.16. The summed E-state index contributed by atoms with van der Waals surface area (Å²) >= 11 is 2.81. The van der Waals surface area contributed by atoms with Crippen LogP contribution in [0.5, 0.6) is 0 Å². The molecule has 0 spiro atoms. The molecule has 1 amide bonds. The van der Waals surface area contributed by atoms with Gasteiger partial charge in [0, 0.05) is 11.3 Å². The first-order chi connectivity index (χ1) is 10.5. The molecule has 0 fully saturated rings. The van der Waals surface area contributed by atoms with Crippen molar-refractivity contribution in [1.29, 1.82) is 0 Å². The molecule has 0 radical (unpaired) electrons. The first-order valence-electron chi connectivity index (χ1n) is 6.99. The molecule has 2 aromatic heterocycles. The highest BCUT2D eigenvalue weighted by atomic mass is 32.1. The van der Waals surface area contributed by atoms with E-state index in [1.807, 2.05) is 18.4 Å². The fraction of sp³-hybridized carbons (Fsp3) is 0.400. The lowest BCUT2D eigenvalue weighted by Gasteiger charge is -2.10. The number of carbonyl (C=O) groups is 2. The quantitative estimate of drug-likeness (QED) is 0.811. The predicted molar refractivity (Wildman–Crippen MR) is 87.6 cm³/mol. The Labute approximate surface area is 137 Å². The molecule has 2 heterocycles. The maximum atomic E-state index is 11.9. The number of hydrogen-bond acceptors (Lipinski definition) is 5. The second-order valence-electron chi connectivity index (χ2n) is 4.99. The lowest BCUT2D eigenvalue weighted by Crippen LogP contribution is -2.26. The van der Waals surface area contributed by atoms with Gasteiger partial charge in [0.2, 0.25) is 5.91 Å². The van der Waals surface area contributed by atoms with Crippen molar-refractivity contribution in [3.05, 3.63) is 38.0 Å². The van der Waals surface area contributed by atoms with E-state index in [4.69, 9.17) is 5.11 Å². The number of carboxylic acid groups (broad SMARTS) is 1. The molecule has 2 N–H and O–H groups in total. The van der Waals surface area contributed by atoms with Crippen LogP contribution in [0, 0.1) is 6.92 Å². The number of nitrogens with zero attached hydrogens (tertiary/aromatic N) is 1. The standard InChI is InChI=1S/C15H18N2O3S2/c1-9-13(15(19)20)22-14(17-9)10(2)16-12(18)7-3-5-11-6-4-8-21-11/h4,6,8,10H,3,5,7H2,1-2H3,(H,16,18)(H,19,20).